The molecule has 3 aromatic carbocycles. The Bertz CT molecular complexity index is 1430. The largest absolute Gasteiger partial charge is 0.454 e. The summed E-state index contributed by atoms with van der Waals surface area (Å²) in [6, 6.07) is 19.1. The third-order valence-corrected chi connectivity index (χ3v) is 6.18. The Morgan fingerprint density at radius 3 is 2.56 bits per heavy atom. The van der Waals surface area contributed by atoms with E-state index in [1.807, 2.05) is 13.0 Å². The molecule has 34 heavy (non-hydrogen) atoms. The molecule has 0 radical (unpaired) electrons. The lowest BCUT2D eigenvalue weighted by Gasteiger charge is -2.25. The lowest BCUT2D eigenvalue weighted by atomic mass is 9.87. The minimum atomic E-state index is -1.21. The SMILES string of the molecule is CCC1(c2ccccc2)NC(=O)N(c2ccc(Oc3ccnc4cc(Cl)ccc34)c(F)c2)C1=O. The number of hydrogen-bond acceptors (Lipinski definition) is 4. The fourth-order valence-electron chi connectivity index (χ4n) is 4.19. The molecule has 1 atom stereocenters. The van der Waals surface area contributed by atoms with Crippen molar-refractivity contribution in [3.8, 4) is 11.5 Å². The quantitative estimate of drug-likeness (QED) is 0.350. The van der Waals surface area contributed by atoms with E-state index < -0.39 is 23.3 Å². The molecular weight excluding hydrogens is 457 g/mol. The summed E-state index contributed by atoms with van der Waals surface area (Å²) >= 11 is 6.02. The third-order valence-electron chi connectivity index (χ3n) is 5.95. The Balaban J connectivity index is 1.47. The van der Waals surface area contributed by atoms with Gasteiger partial charge in [-0.2, -0.15) is 0 Å². The van der Waals surface area contributed by atoms with Crippen LogP contribution in [0.5, 0.6) is 11.5 Å². The molecule has 0 spiro atoms. The van der Waals surface area contributed by atoms with E-state index in [1.54, 1.807) is 54.7 Å². The zero-order valence-corrected chi connectivity index (χ0v) is 18.8. The summed E-state index contributed by atoms with van der Waals surface area (Å²) in [5.41, 5.74) is 0.188. The minimum absolute atomic E-state index is 0.0527. The van der Waals surface area contributed by atoms with Crippen molar-refractivity contribution in [2.45, 2.75) is 18.9 Å². The summed E-state index contributed by atoms with van der Waals surface area (Å²) in [5.74, 6) is -0.831. The predicted octanol–water partition coefficient (Wildman–Crippen LogP) is 6.18. The van der Waals surface area contributed by atoms with E-state index in [0.29, 0.717) is 33.7 Å². The smallest absolute Gasteiger partial charge is 0.329 e. The summed E-state index contributed by atoms with van der Waals surface area (Å²) in [7, 11) is 0. The fourth-order valence-corrected chi connectivity index (χ4v) is 4.35. The van der Waals surface area contributed by atoms with E-state index in [2.05, 4.69) is 10.3 Å². The van der Waals surface area contributed by atoms with Gasteiger partial charge in [-0.25, -0.2) is 14.1 Å². The number of pyridine rings is 1. The number of fused-ring (bicyclic) bond motifs is 1. The average molecular weight is 476 g/mol. The van der Waals surface area contributed by atoms with Gasteiger partial charge in [0, 0.05) is 22.7 Å². The first kappa shape index (κ1) is 21.9. The van der Waals surface area contributed by atoms with Crippen molar-refractivity contribution in [3.05, 3.63) is 95.4 Å². The molecule has 1 saturated heterocycles. The van der Waals surface area contributed by atoms with Gasteiger partial charge in [0.15, 0.2) is 11.6 Å². The van der Waals surface area contributed by atoms with Gasteiger partial charge in [0.1, 0.15) is 11.3 Å². The van der Waals surface area contributed by atoms with Crippen molar-refractivity contribution >= 4 is 40.1 Å². The maximum atomic E-state index is 15.1. The maximum Gasteiger partial charge on any atom is 0.329 e. The zero-order chi connectivity index (χ0) is 23.9. The van der Waals surface area contributed by atoms with Crippen LogP contribution >= 0.6 is 11.6 Å². The molecule has 0 saturated carbocycles. The Morgan fingerprint density at radius 2 is 1.82 bits per heavy atom. The van der Waals surface area contributed by atoms with Gasteiger partial charge in [0.2, 0.25) is 0 Å². The predicted molar refractivity (Wildman–Crippen MR) is 128 cm³/mol. The van der Waals surface area contributed by atoms with Crippen LogP contribution < -0.4 is 15.0 Å². The molecule has 1 fully saturated rings. The van der Waals surface area contributed by atoms with Gasteiger partial charge in [-0.15, -0.1) is 0 Å². The topological polar surface area (TPSA) is 71.5 Å². The second kappa shape index (κ2) is 8.43. The second-order valence-corrected chi connectivity index (χ2v) is 8.32. The van der Waals surface area contributed by atoms with Crippen molar-refractivity contribution in [1.82, 2.24) is 10.3 Å². The molecule has 170 valence electrons. The number of halogens is 2. The number of nitrogens with one attached hydrogen (secondary N) is 1. The van der Waals surface area contributed by atoms with Crippen LogP contribution in [0.1, 0.15) is 18.9 Å². The summed E-state index contributed by atoms with van der Waals surface area (Å²) in [4.78, 5) is 31.4. The van der Waals surface area contributed by atoms with Gasteiger partial charge in [0.05, 0.1) is 11.2 Å². The molecule has 8 heteroatoms. The number of rotatable bonds is 5. The van der Waals surface area contributed by atoms with Crippen LogP contribution in [0, 0.1) is 5.82 Å². The van der Waals surface area contributed by atoms with Crippen LogP contribution in [0.2, 0.25) is 5.02 Å². The van der Waals surface area contributed by atoms with Crippen LogP contribution in [0.15, 0.2) is 79.0 Å². The van der Waals surface area contributed by atoms with Gasteiger partial charge in [-0.1, -0.05) is 48.9 Å². The van der Waals surface area contributed by atoms with Crippen molar-refractivity contribution in [2.24, 2.45) is 0 Å². The number of carbonyl (C=O) groups excluding carboxylic acids is 2. The summed E-state index contributed by atoms with van der Waals surface area (Å²) in [6.07, 6.45) is 1.89. The zero-order valence-electron chi connectivity index (χ0n) is 18.1. The Kier molecular flexibility index (Phi) is 5.42. The van der Waals surface area contributed by atoms with Gasteiger partial charge in [0.25, 0.3) is 5.91 Å². The maximum absolute atomic E-state index is 15.1. The van der Waals surface area contributed by atoms with E-state index in [4.69, 9.17) is 16.3 Å². The highest BCUT2D eigenvalue weighted by Gasteiger charge is 2.51. The molecule has 1 unspecified atom stereocenters. The van der Waals surface area contributed by atoms with Crippen LogP contribution in [0.3, 0.4) is 0 Å². The number of ether oxygens (including phenoxy) is 1. The molecule has 0 aliphatic carbocycles. The summed E-state index contributed by atoms with van der Waals surface area (Å²) < 4.78 is 20.9. The van der Waals surface area contributed by atoms with Crippen molar-refractivity contribution in [2.75, 3.05) is 4.90 Å². The Hall–Kier alpha value is -3.97. The molecular formula is C26H19ClFN3O3. The van der Waals surface area contributed by atoms with E-state index in [0.717, 1.165) is 11.0 Å². The number of carbonyl (C=O) groups is 2. The number of amides is 3. The first-order chi connectivity index (χ1) is 16.4. The van der Waals surface area contributed by atoms with Gasteiger partial charge in [-0.3, -0.25) is 9.78 Å². The number of aromatic nitrogens is 1. The molecule has 2 heterocycles. The number of urea groups is 1. The van der Waals surface area contributed by atoms with Crippen LogP contribution in [-0.4, -0.2) is 16.9 Å². The lowest BCUT2D eigenvalue weighted by Crippen LogP contribution is -2.43. The van der Waals surface area contributed by atoms with E-state index in [-0.39, 0.29) is 11.4 Å². The highest BCUT2D eigenvalue weighted by molar-refractivity contribution is 6.31. The molecule has 3 amide bonds. The minimum Gasteiger partial charge on any atom is -0.454 e. The summed E-state index contributed by atoms with van der Waals surface area (Å²) in [5, 5.41) is 3.99. The van der Waals surface area contributed by atoms with Crippen molar-refractivity contribution in [1.29, 1.82) is 0 Å². The van der Waals surface area contributed by atoms with Crippen molar-refractivity contribution < 1.29 is 18.7 Å². The van der Waals surface area contributed by atoms with Crippen LogP contribution in [-0.2, 0) is 10.3 Å². The monoisotopic (exact) mass is 475 g/mol. The van der Waals surface area contributed by atoms with Gasteiger partial charge < -0.3 is 10.1 Å². The van der Waals surface area contributed by atoms with E-state index in [1.165, 1.54) is 12.1 Å². The molecule has 5 rings (SSSR count). The van der Waals surface area contributed by atoms with E-state index in [9.17, 15) is 9.59 Å². The number of nitrogens with zero attached hydrogens (tertiary/aromatic N) is 2. The fraction of sp³-hybridized carbons (Fsp3) is 0.115. The first-order valence-electron chi connectivity index (χ1n) is 10.7. The van der Waals surface area contributed by atoms with E-state index >= 15 is 4.39 Å². The molecule has 0 bridgehead atoms. The number of anilines is 1. The molecule has 1 aliphatic rings. The molecule has 1 aromatic heterocycles. The standard InChI is InChI=1S/C26H19ClFN3O3/c1-2-26(16-6-4-3-5-7-16)24(32)31(25(33)30-26)18-9-11-23(20(28)15-18)34-22-12-13-29-21-14-17(27)8-10-19(21)22/h3-15H,2H2,1H3,(H,30,33). The van der Waals surface area contributed by atoms with Crippen LogP contribution in [0.4, 0.5) is 14.9 Å². The lowest BCUT2D eigenvalue weighted by molar-refractivity contribution is -0.122. The first-order valence-corrected chi connectivity index (χ1v) is 11.0. The van der Waals surface area contributed by atoms with Gasteiger partial charge in [-0.05, 0) is 48.4 Å². The molecule has 1 aliphatic heterocycles. The number of benzene rings is 3. The summed E-state index contributed by atoms with van der Waals surface area (Å²) in [6.45, 7) is 1.82. The number of hydrogen-bond donors (Lipinski definition) is 1. The van der Waals surface area contributed by atoms with Crippen molar-refractivity contribution in [3.63, 3.8) is 0 Å². The Labute approximate surface area is 199 Å². The van der Waals surface area contributed by atoms with Gasteiger partial charge >= 0.3 is 6.03 Å². The molecule has 1 N–H and O–H groups in total. The normalized spacial score (nSPS) is 17.8. The Morgan fingerprint density at radius 1 is 1.03 bits per heavy atom. The highest BCUT2D eigenvalue weighted by Crippen LogP contribution is 2.37. The average Bonchev–Trinajstić information content (AvgIpc) is 3.11. The van der Waals surface area contributed by atoms with Crippen LogP contribution in [0.25, 0.3) is 10.9 Å². The highest BCUT2D eigenvalue weighted by atomic mass is 35.5. The second-order valence-electron chi connectivity index (χ2n) is 7.88. The third kappa shape index (κ3) is 3.54. The molecule has 6 nitrogen and oxygen atoms in total. The molecule has 4 aromatic rings. The number of imide groups is 1.